The van der Waals surface area contributed by atoms with Crippen LogP contribution in [0.15, 0.2) is 48.6 Å². The van der Waals surface area contributed by atoms with Gasteiger partial charge in [0.05, 0.1) is 51.1 Å². The van der Waals surface area contributed by atoms with E-state index in [1.54, 1.807) is 7.11 Å². The number of fused-ring (bicyclic) bond motifs is 2. The summed E-state index contributed by atoms with van der Waals surface area (Å²) in [7, 11) is 6.16. The molecular weight excluding hydrogens is 1070 g/mol. The largest absolute Gasteiger partial charge is 0.496 e. The Labute approximate surface area is 487 Å². The number of amides is 2. The molecule has 1 aromatic heterocycles. The van der Waals surface area contributed by atoms with E-state index in [-0.39, 0.29) is 64.0 Å². The fraction of sp³-hybridized carbons (Fsp3) is 0.661. The zero-order valence-corrected chi connectivity index (χ0v) is 50.0. The zero-order valence-electron chi connectivity index (χ0n) is 50.0. The highest BCUT2D eigenvalue weighted by molar-refractivity contribution is 5.91. The quantitative estimate of drug-likeness (QED) is 0.0178. The Balaban J connectivity index is 0.954. The second-order valence-electron chi connectivity index (χ2n) is 23.7. The lowest BCUT2D eigenvalue weighted by molar-refractivity contribution is -0.203. The molecule has 1 aliphatic carbocycles. The molecule has 2 amide bonds. The van der Waals surface area contributed by atoms with Crippen molar-refractivity contribution in [3.63, 3.8) is 0 Å². The maximum Gasteiger partial charge on any atom is 0.328 e. The number of aliphatic hydroxyl groups is 4. The number of β-amino-alcohol motifs (C(OH)–C–C–N with tert-alkyl or cyclic N) is 1. The van der Waals surface area contributed by atoms with Gasteiger partial charge in [-0.3, -0.25) is 29.0 Å². The number of rotatable bonds is 28. The van der Waals surface area contributed by atoms with Gasteiger partial charge in [-0.1, -0.05) is 51.1 Å². The summed E-state index contributed by atoms with van der Waals surface area (Å²) < 4.78 is 33.2. The zero-order chi connectivity index (χ0) is 60.0. The van der Waals surface area contributed by atoms with Gasteiger partial charge in [0.25, 0.3) is 5.91 Å². The van der Waals surface area contributed by atoms with Crippen molar-refractivity contribution in [3.05, 3.63) is 70.9 Å². The van der Waals surface area contributed by atoms with Gasteiger partial charge in [0.15, 0.2) is 11.9 Å². The highest BCUT2D eigenvalue weighted by Crippen LogP contribution is 2.67. The number of H-pyrrole nitrogens is 1. The number of carbonyl (C=O) groups excluding carboxylic acids is 5. The molecule has 83 heavy (non-hydrogen) atoms. The Hall–Kier alpha value is -5.65. The van der Waals surface area contributed by atoms with Gasteiger partial charge in [-0.15, -0.1) is 0 Å². The lowest BCUT2D eigenvalue weighted by atomic mass is 9.47. The van der Waals surface area contributed by atoms with Crippen molar-refractivity contribution >= 4 is 46.3 Å². The molecule has 7 N–H and O–H groups in total. The van der Waals surface area contributed by atoms with E-state index in [9.17, 15) is 39.6 Å². The lowest BCUT2D eigenvalue weighted by Gasteiger charge is -2.63. The van der Waals surface area contributed by atoms with E-state index in [2.05, 4.69) is 44.5 Å². The van der Waals surface area contributed by atoms with Crippen LogP contribution in [0.3, 0.4) is 0 Å². The summed E-state index contributed by atoms with van der Waals surface area (Å²) in [4.78, 5) is 77.5. The van der Waals surface area contributed by atoms with Crippen molar-refractivity contribution in [1.82, 2.24) is 25.4 Å². The first-order chi connectivity index (χ1) is 39.7. The maximum absolute atomic E-state index is 15.0. The summed E-state index contributed by atoms with van der Waals surface area (Å²) in [5.41, 5.74) is 0.245. The summed E-state index contributed by atoms with van der Waals surface area (Å²) in [6.45, 7) is 12.0. The minimum Gasteiger partial charge on any atom is -0.496 e. The molecule has 12 atom stereocenters. The third kappa shape index (κ3) is 12.4. The first-order valence-electron chi connectivity index (χ1n) is 29.8. The molecular formula is C62H90N6O15. The Morgan fingerprint density at radius 2 is 1.73 bits per heavy atom. The molecule has 458 valence electrons. The monoisotopic (exact) mass is 1160 g/mol. The molecule has 3 aromatic rings. The fourth-order valence-electron chi connectivity index (χ4n) is 14.8. The molecule has 0 radical (unpaired) electrons. The van der Waals surface area contributed by atoms with Gasteiger partial charge in [0.2, 0.25) is 5.91 Å². The molecule has 21 nitrogen and oxygen atoms in total. The third-order valence-electron chi connectivity index (χ3n) is 18.9. The van der Waals surface area contributed by atoms with E-state index in [1.165, 1.54) is 32.1 Å². The number of aryl methyl sites for hydroxylation is 1. The van der Waals surface area contributed by atoms with Gasteiger partial charge in [-0.25, -0.2) is 4.79 Å². The highest BCUT2D eigenvalue weighted by atomic mass is 16.7. The smallest absolute Gasteiger partial charge is 0.328 e. The van der Waals surface area contributed by atoms with Crippen LogP contribution in [-0.4, -0.2) is 200 Å². The summed E-state index contributed by atoms with van der Waals surface area (Å²) in [5.74, 6) is -3.43. The number of anilines is 1. The third-order valence-corrected chi connectivity index (χ3v) is 18.9. The van der Waals surface area contributed by atoms with E-state index >= 15 is 4.79 Å². The van der Waals surface area contributed by atoms with Crippen LogP contribution in [0.1, 0.15) is 120 Å². The van der Waals surface area contributed by atoms with E-state index < -0.39 is 88.3 Å². The van der Waals surface area contributed by atoms with Crippen molar-refractivity contribution in [1.29, 1.82) is 0 Å². The minimum absolute atomic E-state index is 0.0239. The van der Waals surface area contributed by atoms with E-state index in [0.29, 0.717) is 81.7 Å². The summed E-state index contributed by atoms with van der Waals surface area (Å²) in [6.07, 6.45) is 4.96. The number of benzene rings is 2. The molecule has 1 saturated carbocycles. The number of nitrogens with one attached hydrogen (secondary N) is 3. The Bertz CT molecular complexity index is 2820. The van der Waals surface area contributed by atoms with Gasteiger partial charge >= 0.3 is 17.9 Å². The number of carbonyl (C=O) groups is 5. The van der Waals surface area contributed by atoms with E-state index in [0.717, 1.165) is 29.7 Å². The van der Waals surface area contributed by atoms with Crippen LogP contribution in [0.4, 0.5) is 5.69 Å². The number of methoxy groups -OCH3 is 3. The average molecular weight is 1160 g/mol. The van der Waals surface area contributed by atoms with Crippen molar-refractivity contribution in [2.45, 2.75) is 164 Å². The number of likely N-dealkylation sites (N-methyl/N-ethyl adjacent to an activating group) is 1. The molecule has 8 rings (SSSR count). The molecule has 3 fully saturated rings. The second-order valence-corrected chi connectivity index (χ2v) is 23.7. The van der Waals surface area contributed by atoms with Gasteiger partial charge in [-0.05, 0) is 107 Å². The number of hydrogen-bond donors (Lipinski definition) is 7. The molecule has 2 saturated heterocycles. The summed E-state index contributed by atoms with van der Waals surface area (Å²) in [6, 6.07) is 9.87. The average Bonchev–Trinajstić information content (AvgIpc) is 1.56. The highest BCUT2D eigenvalue weighted by Gasteiger charge is 2.78. The van der Waals surface area contributed by atoms with Crippen LogP contribution in [0.2, 0.25) is 0 Å². The number of likely N-dealkylation sites (tertiary alicyclic amines) is 1. The van der Waals surface area contributed by atoms with Crippen molar-refractivity contribution in [2.75, 3.05) is 92.4 Å². The number of piperidine rings is 1. The van der Waals surface area contributed by atoms with Crippen LogP contribution < -0.4 is 20.3 Å². The van der Waals surface area contributed by atoms with Gasteiger partial charge in [0.1, 0.15) is 24.5 Å². The Morgan fingerprint density at radius 3 is 2.43 bits per heavy atom. The number of ether oxygens (including phenoxy) is 6. The molecule has 0 bridgehead atoms. The molecule has 5 aliphatic rings. The Kier molecular flexibility index (Phi) is 20.4. The van der Waals surface area contributed by atoms with Gasteiger partial charge in [-0.2, -0.15) is 0 Å². The van der Waals surface area contributed by atoms with Crippen LogP contribution in [0.25, 0.3) is 10.9 Å². The van der Waals surface area contributed by atoms with Crippen molar-refractivity contribution in [3.8, 4) is 5.75 Å². The molecule has 2 aromatic carbocycles. The number of para-hydroxylation sites is 1. The lowest BCUT2D eigenvalue weighted by Crippen LogP contribution is -2.81. The molecule has 5 heterocycles. The SMILES string of the molecule is CCC(CO)OC(COC(=O)CCCC(=O)N[C@H](C)C(=O)OCCCNC(=O)[C@]1(O)C2N(C)c3cc(OC)c([C@H](CC4CN(CCc5c(C)[nH]c6ccccc56)CC(O)(CC)C4)C(=O)OC)cc3[C@@]23CCN2CC=C[C@](CC)(C23)[C@H]1O)OC. The van der Waals surface area contributed by atoms with Crippen LogP contribution in [0, 0.1) is 18.3 Å². The predicted molar refractivity (Wildman–Crippen MR) is 310 cm³/mol. The summed E-state index contributed by atoms with van der Waals surface area (Å²) >= 11 is 0. The van der Waals surface area contributed by atoms with E-state index in [1.807, 2.05) is 69.1 Å². The summed E-state index contributed by atoms with van der Waals surface area (Å²) in [5, 5.41) is 54.4. The van der Waals surface area contributed by atoms with Crippen LogP contribution in [-0.2, 0) is 59.5 Å². The number of hydrogen-bond acceptors (Lipinski definition) is 18. The first-order valence-corrected chi connectivity index (χ1v) is 29.8. The number of aromatic nitrogens is 1. The maximum atomic E-state index is 15.0. The molecule has 21 heteroatoms. The Morgan fingerprint density at radius 1 is 0.964 bits per heavy atom. The first kappa shape index (κ1) is 63.4. The number of esters is 3. The fourth-order valence-corrected chi connectivity index (χ4v) is 14.8. The normalized spacial score (nSPS) is 27.9. The van der Waals surface area contributed by atoms with Gasteiger partial charge in [0, 0.05) is 111 Å². The van der Waals surface area contributed by atoms with Gasteiger partial charge < -0.3 is 69.4 Å². The molecule has 1 spiro atoms. The number of aromatic amines is 1. The van der Waals surface area contributed by atoms with Crippen molar-refractivity contribution < 1.29 is 72.8 Å². The van der Waals surface area contributed by atoms with Crippen LogP contribution in [0.5, 0.6) is 5.75 Å². The van der Waals surface area contributed by atoms with Crippen molar-refractivity contribution in [2.24, 2.45) is 11.3 Å². The standard InChI is InChI=1S/C62H90N6O15/c1-10-41(35-69)83-52(79-8)36-82-51(71)21-15-20-50(70)65-39(5)53(72)81-29-17-25-63-58(75)62(77)56-61(24-28-68-26-16-23-60(12-3,55(61)68)57(62)74)46-31-44(49(78-7)32-48(46)66(56)6)45(54(73)80-9)30-40-33-59(76,11-2)37-67(34-40)27-22-42-38(4)64-47-19-14-13-18-43(42)47/h13-14,16,18-19,23,31-32,39-41,45,52,55-57,64,69,74,76-77H,10-12,15,17,20-22,24-30,33-37H2,1-9H3,(H,63,75)(H,65,70)/t39-,40?,41?,45+,52?,55?,56?,57-,59?,60-,61-,62+/m1/s1. The number of aliphatic hydroxyl groups excluding tert-OH is 2. The van der Waals surface area contributed by atoms with E-state index in [4.69, 9.17) is 28.4 Å². The molecule has 6 unspecified atom stereocenters. The predicted octanol–water partition coefficient (Wildman–Crippen LogP) is 4.07. The number of nitrogens with zero attached hydrogens (tertiary/aromatic N) is 3. The minimum atomic E-state index is -2.39. The second kappa shape index (κ2) is 26.7. The van der Waals surface area contributed by atoms with Crippen LogP contribution >= 0.6 is 0 Å². The topological polar surface area (TPSA) is 271 Å². The molecule has 4 aliphatic heterocycles.